The summed E-state index contributed by atoms with van der Waals surface area (Å²) < 4.78 is 26.9. The van der Waals surface area contributed by atoms with Gasteiger partial charge in [-0.05, 0) is 24.2 Å². The predicted molar refractivity (Wildman–Crippen MR) is 78.2 cm³/mol. The Morgan fingerprint density at radius 3 is 2.41 bits per heavy atom. The Labute approximate surface area is 144 Å². The van der Waals surface area contributed by atoms with Crippen LogP contribution >= 0.6 is 0 Å². The van der Waals surface area contributed by atoms with Crippen LogP contribution in [0.3, 0.4) is 0 Å². The van der Waals surface area contributed by atoms with E-state index in [1.54, 1.807) is 30.3 Å². The minimum absolute atomic E-state index is 0. The van der Waals surface area contributed by atoms with Crippen molar-refractivity contribution in [3.05, 3.63) is 65.7 Å². The molecule has 0 radical (unpaired) electrons. The van der Waals surface area contributed by atoms with Crippen LogP contribution in [0.15, 0.2) is 42.5 Å². The van der Waals surface area contributed by atoms with Crippen molar-refractivity contribution in [2.45, 2.75) is 19.8 Å². The van der Waals surface area contributed by atoms with E-state index < -0.39 is 11.6 Å². The number of amides is 1. The third-order valence-electron chi connectivity index (χ3n) is 3.13. The fourth-order valence-electron chi connectivity index (χ4n) is 2.03. The van der Waals surface area contributed by atoms with Crippen LogP contribution in [-0.2, 0) is 21.7 Å². The van der Waals surface area contributed by atoms with Gasteiger partial charge in [0, 0.05) is 45.5 Å². The summed E-state index contributed by atoms with van der Waals surface area (Å²) in [5.41, 5.74) is 0.524. The van der Waals surface area contributed by atoms with Gasteiger partial charge in [-0.1, -0.05) is 31.5 Å². The van der Waals surface area contributed by atoms with Crippen molar-refractivity contribution in [2.24, 2.45) is 0 Å². The maximum absolute atomic E-state index is 13.9. The molecule has 0 fully saturated rings. The molecule has 0 aromatic heterocycles. The maximum Gasteiger partial charge on any atom is 0.247 e. The van der Waals surface area contributed by atoms with Crippen LogP contribution in [0.25, 0.3) is 0 Å². The number of benzene rings is 2. The quantitative estimate of drug-likeness (QED) is 0.592. The first-order chi connectivity index (χ1) is 10.1. The van der Waals surface area contributed by atoms with Crippen LogP contribution in [0.2, 0.25) is 0 Å². The molecule has 0 N–H and O–H groups in total. The molecule has 2 aromatic carbocycles. The van der Waals surface area contributed by atoms with Gasteiger partial charge < -0.3 is 4.90 Å². The van der Waals surface area contributed by atoms with E-state index >= 15 is 0 Å². The Hall–Kier alpha value is -1.52. The summed E-state index contributed by atoms with van der Waals surface area (Å²) in [4.78, 5) is 13.9. The van der Waals surface area contributed by atoms with Crippen molar-refractivity contribution >= 4 is 11.6 Å². The Morgan fingerprint density at radius 2 is 1.82 bits per heavy atom. The van der Waals surface area contributed by atoms with Gasteiger partial charge in [-0.2, -0.15) is 0 Å². The summed E-state index contributed by atoms with van der Waals surface area (Å²) in [6, 6.07) is 13.0. The molecule has 2 rings (SSSR count). The van der Waals surface area contributed by atoms with Gasteiger partial charge in [-0.3, -0.25) is 4.79 Å². The largest absolute Gasteiger partial charge is 0.359 e. The number of nitrogens with zero attached hydrogens (tertiary/aromatic N) is 1. The molecule has 5 heteroatoms. The molecule has 0 aliphatic rings. The molecular weight excluding hydrogens is 320 g/mol. The minimum Gasteiger partial charge on any atom is -0.359 e. The van der Waals surface area contributed by atoms with E-state index in [4.69, 9.17) is 0 Å². The second-order valence-corrected chi connectivity index (χ2v) is 4.68. The first-order valence-corrected chi connectivity index (χ1v) is 6.87. The first kappa shape index (κ1) is 18.5. The predicted octanol–water partition coefficient (Wildman–Crippen LogP) is 4.21. The smallest absolute Gasteiger partial charge is 0.247 e. The number of carbonyl (C=O) groups excluding carboxylic acids is 1. The summed E-state index contributed by atoms with van der Waals surface area (Å²) in [5, 5.41) is 0. The molecule has 0 atom stereocenters. The molecule has 0 bridgehead atoms. The van der Waals surface area contributed by atoms with Gasteiger partial charge in [0.05, 0.1) is 0 Å². The van der Waals surface area contributed by atoms with Crippen molar-refractivity contribution in [1.29, 1.82) is 0 Å². The molecule has 0 saturated heterocycles. The van der Waals surface area contributed by atoms with Crippen LogP contribution in [-0.4, -0.2) is 12.5 Å². The number of rotatable bonds is 5. The van der Waals surface area contributed by atoms with Crippen molar-refractivity contribution in [2.75, 3.05) is 11.4 Å². The summed E-state index contributed by atoms with van der Waals surface area (Å²) in [5.74, 6) is -1.93. The minimum atomic E-state index is -0.851. The molecular formula is C17H16F2NOTi-. The first-order valence-electron chi connectivity index (χ1n) is 6.87. The Morgan fingerprint density at radius 1 is 1.14 bits per heavy atom. The summed E-state index contributed by atoms with van der Waals surface area (Å²) in [6.45, 7) is 2.36. The van der Waals surface area contributed by atoms with Crippen LogP contribution in [0.1, 0.15) is 30.1 Å². The van der Waals surface area contributed by atoms with Gasteiger partial charge in [0.25, 0.3) is 0 Å². The number of carbonyl (C=O) groups is 1. The van der Waals surface area contributed by atoms with Gasteiger partial charge in [0.1, 0.15) is 0 Å². The molecule has 0 heterocycles. The maximum atomic E-state index is 13.9. The van der Waals surface area contributed by atoms with E-state index in [0.717, 1.165) is 18.9 Å². The van der Waals surface area contributed by atoms with Gasteiger partial charge in [-0.15, -0.1) is 18.2 Å². The SMILES string of the molecule is CCCCN(C(=O)c1ccccc1)c1ccc(F)[c-]c1F.[Ti]. The second kappa shape index (κ2) is 8.81. The van der Waals surface area contributed by atoms with Gasteiger partial charge in [-0.25, -0.2) is 8.78 Å². The van der Waals surface area contributed by atoms with Crippen molar-refractivity contribution in [3.8, 4) is 0 Å². The number of hydrogen-bond acceptors (Lipinski definition) is 1. The van der Waals surface area contributed by atoms with Crippen LogP contribution in [0, 0.1) is 17.7 Å². The molecule has 22 heavy (non-hydrogen) atoms. The molecule has 114 valence electrons. The zero-order chi connectivity index (χ0) is 15.2. The van der Waals surface area contributed by atoms with Gasteiger partial charge >= 0.3 is 0 Å². The Bertz CT molecular complexity index is 619. The summed E-state index contributed by atoms with van der Waals surface area (Å²) >= 11 is 0. The van der Waals surface area contributed by atoms with Crippen molar-refractivity contribution in [1.82, 2.24) is 0 Å². The number of anilines is 1. The second-order valence-electron chi connectivity index (χ2n) is 4.68. The molecule has 0 unspecified atom stereocenters. The number of hydrogen-bond donors (Lipinski definition) is 0. The van der Waals surface area contributed by atoms with E-state index in [9.17, 15) is 13.6 Å². The average Bonchev–Trinajstić information content (AvgIpc) is 2.50. The fourth-order valence-corrected chi connectivity index (χ4v) is 2.03. The van der Waals surface area contributed by atoms with E-state index in [1.807, 2.05) is 13.0 Å². The summed E-state index contributed by atoms with van der Waals surface area (Å²) in [6.07, 6.45) is 1.60. The molecule has 2 aromatic rings. The van der Waals surface area contributed by atoms with E-state index in [2.05, 4.69) is 0 Å². The van der Waals surface area contributed by atoms with Crippen LogP contribution < -0.4 is 4.90 Å². The van der Waals surface area contributed by atoms with Gasteiger partial charge in [0.2, 0.25) is 5.91 Å². The normalized spacial score (nSPS) is 9.95. The van der Waals surface area contributed by atoms with Crippen LogP contribution in [0.4, 0.5) is 14.5 Å². The monoisotopic (exact) mass is 336 g/mol. The summed E-state index contributed by atoms with van der Waals surface area (Å²) in [7, 11) is 0. The van der Waals surface area contributed by atoms with E-state index in [-0.39, 0.29) is 33.3 Å². The number of unbranched alkanes of at least 4 members (excludes halogenated alkanes) is 1. The third kappa shape index (κ3) is 4.49. The fraction of sp³-hybridized carbons (Fsp3) is 0.235. The van der Waals surface area contributed by atoms with E-state index in [1.165, 1.54) is 11.0 Å². The number of halogens is 2. The molecule has 0 aliphatic heterocycles. The third-order valence-corrected chi connectivity index (χ3v) is 3.13. The van der Waals surface area contributed by atoms with Gasteiger partial charge in [0.15, 0.2) is 0 Å². The standard InChI is InChI=1S/C17H16F2NO.Ti/c1-2-3-11-20(16-10-9-14(18)12-15(16)19)17(21)13-7-5-4-6-8-13;/h4-10H,2-3,11H2,1H3;/q-1;. The molecule has 0 aliphatic carbocycles. The van der Waals surface area contributed by atoms with Crippen molar-refractivity contribution < 1.29 is 35.3 Å². The van der Waals surface area contributed by atoms with Crippen molar-refractivity contribution in [3.63, 3.8) is 0 Å². The van der Waals surface area contributed by atoms with E-state index in [0.29, 0.717) is 12.1 Å². The average molecular weight is 336 g/mol. The molecule has 2 nitrogen and oxygen atoms in total. The zero-order valence-electron chi connectivity index (χ0n) is 12.3. The van der Waals surface area contributed by atoms with Crippen LogP contribution in [0.5, 0.6) is 0 Å². The molecule has 1 amide bonds. The topological polar surface area (TPSA) is 20.3 Å². The Kier molecular flexibility index (Phi) is 7.42. The molecule has 0 spiro atoms. The molecule has 0 saturated carbocycles. The zero-order valence-corrected chi connectivity index (χ0v) is 13.8. The Balaban J connectivity index is 0.00000242.